The van der Waals surface area contributed by atoms with E-state index >= 15 is 0 Å². The standard InChI is InChI=1S/C24H19N3O4/c1-15-11-21-23(12-16(15)2)31-24(26-21)20-14-18(8-9-22(20)28)25-10-4-6-17-5-3-7-19(13-17)27(29)30/h3-14,28H,1-2H3. The van der Waals surface area contributed by atoms with Crippen molar-refractivity contribution in [3.63, 3.8) is 0 Å². The Hall–Kier alpha value is -4.26. The van der Waals surface area contributed by atoms with Crippen LogP contribution in [0, 0.1) is 24.0 Å². The second-order valence-corrected chi connectivity index (χ2v) is 7.11. The molecule has 0 radical (unpaired) electrons. The van der Waals surface area contributed by atoms with Gasteiger partial charge >= 0.3 is 0 Å². The molecule has 0 aliphatic carbocycles. The number of hydrogen-bond acceptors (Lipinski definition) is 6. The van der Waals surface area contributed by atoms with Gasteiger partial charge < -0.3 is 9.52 Å². The van der Waals surface area contributed by atoms with Crippen LogP contribution in [0.1, 0.15) is 16.7 Å². The predicted molar refractivity (Wildman–Crippen MR) is 121 cm³/mol. The molecule has 7 heteroatoms. The second-order valence-electron chi connectivity index (χ2n) is 7.11. The van der Waals surface area contributed by atoms with Crippen LogP contribution in [0.4, 0.5) is 11.4 Å². The molecule has 1 aromatic heterocycles. The highest BCUT2D eigenvalue weighted by molar-refractivity contribution is 5.83. The van der Waals surface area contributed by atoms with Gasteiger partial charge in [-0.25, -0.2) is 4.98 Å². The van der Waals surface area contributed by atoms with Gasteiger partial charge in [0.05, 0.1) is 16.2 Å². The molecule has 0 bridgehead atoms. The highest BCUT2D eigenvalue weighted by Crippen LogP contribution is 2.34. The molecular formula is C24H19N3O4. The molecule has 31 heavy (non-hydrogen) atoms. The number of nitro benzene ring substituents is 1. The SMILES string of the molecule is Cc1cc2nc(-c3cc(N=CC=Cc4cccc([N+](=O)[O-])c4)ccc3O)oc2cc1C. The minimum atomic E-state index is -0.432. The monoisotopic (exact) mass is 413 g/mol. The van der Waals surface area contributed by atoms with Gasteiger partial charge in [-0.2, -0.15) is 0 Å². The van der Waals surface area contributed by atoms with Gasteiger partial charge in [0.1, 0.15) is 11.3 Å². The Morgan fingerprint density at radius 3 is 2.71 bits per heavy atom. The van der Waals surface area contributed by atoms with Crippen LogP contribution in [-0.4, -0.2) is 21.2 Å². The van der Waals surface area contributed by atoms with Crippen molar-refractivity contribution < 1.29 is 14.4 Å². The van der Waals surface area contributed by atoms with Gasteiger partial charge in [0, 0.05) is 18.3 Å². The van der Waals surface area contributed by atoms with E-state index in [9.17, 15) is 15.2 Å². The molecule has 0 unspecified atom stereocenters. The molecule has 0 fully saturated rings. The van der Waals surface area contributed by atoms with Crippen molar-refractivity contribution in [1.29, 1.82) is 0 Å². The third-order valence-corrected chi connectivity index (χ3v) is 4.89. The van der Waals surface area contributed by atoms with Crippen molar-refractivity contribution in [3.8, 4) is 17.2 Å². The number of non-ortho nitro benzene ring substituents is 1. The topological polar surface area (TPSA) is 102 Å². The molecule has 0 atom stereocenters. The van der Waals surface area contributed by atoms with Crippen LogP contribution in [0.5, 0.6) is 5.75 Å². The van der Waals surface area contributed by atoms with E-state index in [1.54, 1.807) is 42.6 Å². The van der Waals surface area contributed by atoms with E-state index < -0.39 is 4.92 Å². The molecule has 3 aromatic carbocycles. The summed E-state index contributed by atoms with van der Waals surface area (Å²) < 4.78 is 5.85. The smallest absolute Gasteiger partial charge is 0.270 e. The molecular weight excluding hydrogens is 394 g/mol. The fourth-order valence-electron chi connectivity index (χ4n) is 3.10. The number of hydrogen-bond donors (Lipinski definition) is 1. The van der Waals surface area contributed by atoms with Crippen LogP contribution in [0.2, 0.25) is 0 Å². The first kappa shape index (κ1) is 20.0. The molecule has 4 rings (SSSR count). The number of benzene rings is 3. The molecule has 0 aliphatic rings. The first-order chi connectivity index (χ1) is 14.9. The summed E-state index contributed by atoms with van der Waals surface area (Å²) in [4.78, 5) is 19.3. The lowest BCUT2D eigenvalue weighted by atomic mass is 10.1. The van der Waals surface area contributed by atoms with Crippen LogP contribution in [-0.2, 0) is 0 Å². The lowest BCUT2D eigenvalue weighted by Crippen LogP contribution is -1.87. The van der Waals surface area contributed by atoms with Gasteiger partial charge in [-0.05, 0) is 66.9 Å². The number of nitro groups is 1. The summed E-state index contributed by atoms with van der Waals surface area (Å²) in [6.45, 7) is 4.02. The maximum Gasteiger partial charge on any atom is 0.270 e. The molecule has 0 saturated heterocycles. The molecule has 1 heterocycles. The van der Waals surface area contributed by atoms with E-state index in [-0.39, 0.29) is 11.4 Å². The number of phenolic OH excluding ortho intramolecular Hbond substituents is 1. The highest BCUT2D eigenvalue weighted by Gasteiger charge is 2.14. The van der Waals surface area contributed by atoms with Gasteiger partial charge in [-0.15, -0.1) is 0 Å². The zero-order valence-corrected chi connectivity index (χ0v) is 16.9. The average molecular weight is 413 g/mol. The van der Waals surface area contributed by atoms with Crippen LogP contribution >= 0.6 is 0 Å². The number of allylic oxidation sites excluding steroid dienone is 1. The largest absolute Gasteiger partial charge is 0.507 e. The van der Waals surface area contributed by atoms with Crippen LogP contribution in [0.15, 0.2) is 70.1 Å². The third-order valence-electron chi connectivity index (χ3n) is 4.89. The Labute approximate surface area is 178 Å². The van der Waals surface area contributed by atoms with E-state index in [2.05, 4.69) is 9.98 Å². The molecule has 0 spiro atoms. The minimum Gasteiger partial charge on any atom is -0.507 e. The Morgan fingerprint density at radius 1 is 1.10 bits per heavy atom. The van der Waals surface area contributed by atoms with Crippen molar-refractivity contribution >= 4 is 34.8 Å². The second kappa shape index (κ2) is 8.23. The number of aromatic hydroxyl groups is 1. The molecule has 0 aliphatic heterocycles. The molecule has 154 valence electrons. The lowest BCUT2D eigenvalue weighted by molar-refractivity contribution is -0.384. The number of nitrogens with zero attached hydrogens (tertiary/aromatic N) is 3. The fraction of sp³-hybridized carbons (Fsp3) is 0.0833. The number of oxazole rings is 1. The van der Waals surface area contributed by atoms with Crippen molar-refractivity contribution in [2.75, 3.05) is 0 Å². The van der Waals surface area contributed by atoms with Crippen LogP contribution in [0.3, 0.4) is 0 Å². The van der Waals surface area contributed by atoms with Gasteiger partial charge in [0.15, 0.2) is 5.58 Å². The Balaban J connectivity index is 1.58. The fourth-order valence-corrected chi connectivity index (χ4v) is 3.10. The normalized spacial score (nSPS) is 11.7. The van der Waals surface area contributed by atoms with Crippen molar-refractivity contribution in [2.45, 2.75) is 13.8 Å². The molecule has 0 amide bonds. The van der Waals surface area contributed by atoms with Crippen molar-refractivity contribution in [1.82, 2.24) is 4.98 Å². The van der Waals surface area contributed by atoms with Crippen LogP contribution in [0.25, 0.3) is 28.6 Å². The average Bonchev–Trinajstić information content (AvgIpc) is 3.15. The van der Waals surface area contributed by atoms with E-state index in [0.29, 0.717) is 28.3 Å². The highest BCUT2D eigenvalue weighted by atomic mass is 16.6. The zero-order valence-electron chi connectivity index (χ0n) is 16.9. The van der Waals surface area contributed by atoms with E-state index in [1.165, 1.54) is 18.2 Å². The maximum atomic E-state index is 10.9. The number of phenols is 1. The Morgan fingerprint density at radius 2 is 1.90 bits per heavy atom. The molecule has 1 N–H and O–H groups in total. The Bertz CT molecular complexity index is 1310. The molecule has 4 aromatic rings. The summed E-state index contributed by atoms with van der Waals surface area (Å²) in [6.07, 6.45) is 4.99. The molecule has 7 nitrogen and oxygen atoms in total. The predicted octanol–water partition coefficient (Wildman–Crippen LogP) is 6.14. The number of aliphatic imine (C=N–C) groups is 1. The summed E-state index contributed by atoms with van der Waals surface area (Å²) in [5, 5.41) is 21.1. The Kier molecular flexibility index (Phi) is 5.32. The summed E-state index contributed by atoms with van der Waals surface area (Å²) >= 11 is 0. The zero-order chi connectivity index (χ0) is 22.0. The minimum absolute atomic E-state index is 0.0333. The van der Waals surface area contributed by atoms with Crippen molar-refractivity contribution in [3.05, 3.63) is 87.5 Å². The molecule has 0 saturated carbocycles. The van der Waals surface area contributed by atoms with Gasteiger partial charge in [-0.1, -0.05) is 18.2 Å². The van der Waals surface area contributed by atoms with Gasteiger partial charge in [-0.3, -0.25) is 15.1 Å². The first-order valence-electron chi connectivity index (χ1n) is 9.57. The number of aryl methyl sites for hydroxylation is 2. The first-order valence-corrected chi connectivity index (χ1v) is 9.57. The van der Waals surface area contributed by atoms with Crippen LogP contribution < -0.4 is 0 Å². The van der Waals surface area contributed by atoms with Crippen molar-refractivity contribution in [2.24, 2.45) is 4.99 Å². The quantitative estimate of drug-likeness (QED) is 0.240. The summed E-state index contributed by atoms with van der Waals surface area (Å²) in [7, 11) is 0. The number of fused-ring (bicyclic) bond motifs is 1. The number of rotatable bonds is 5. The number of aromatic nitrogens is 1. The van der Waals surface area contributed by atoms with E-state index in [4.69, 9.17) is 4.42 Å². The third kappa shape index (κ3) is 4.35. The van der Waals surface area contributed by atoms with E-state index in [0.717, 1.165) is 16.6 Å². The summed E-state index contributed by atoms with van der Waals surface area (Å²) in [5.41, 5.74) is 5.39. The lowest BCUT2D eigenvalue weighted by Gasteiger charge is -2.01. The van der Waals surface area contributed by atoms with Gasteiger partial charge in [0.2, 0.25) is 5.89 Å². The van der Waals surface area contributed by atoms with Gasteiger partial charge in [0.25, 0.3) is 5.69 Å². The maximum absolute atomic E-state index is 10.9. The van der Waals surface area contributed by atoms with E-state index in [1.807, 2.05) is 26.0 Å². The summed E-state index contributed by atoms with van der Waals surface area (Å²) in [6, 6.07) is 15.1. The summed E-state index contributed by atoms with van der Waals surface area (Å²) in [5.74, 6) is 0.368.